The summed E-state index contributed by atoms with van der Waals surface area (Å²) in [6, 6.07) is 15.1. The smallest absolute Gasteiger partial charge is 0.231 e. The van der Waals surface area contributed by atoms with E-state index in [0.29, 0.717) is 10.7 Å². The average molecular weight is 396 g/mol. The summed E-state index contributed by atoms with van der Waals surface area (Å²) in [5.41, 5.74) is 3.21. The second-order valence-corrected chi connectivity index (χ2v) is 8.29. The molecular formula is C19H16N4O2S2. The van der Waals surface area contributed by atoms with E-state index in [1.54, 1.807) is 12.1 Å². The van der Waals surface area contributed by atoms with Crippen molar-refractivity contribution >= 4 is 51.3 Å². The number of rotatable bonds is 6. The molecule has 1 aliphatic rings. The maximum absolute atomic E-state index is 12.5. The summed E-state index contributed by atoms with van der Waals surface area (Å²) in [6.45, 7) is 1.84. The lowest BCUT2D eigenvalue weighted by Gasteiger charge is -2.04. The molecule has 8 heteroatoms. The highest BCUT2D eigenvalue weighted by molar-refractivity contribution is 8.01. The molecule has 1 aromatic heterocycles. The summed E-state index contributed by atoms with van der Waals surface area (Å²) >= 11 is 2.77. The van der Waals surface area contributed by atoms with Gasteiger partial charge in [0.1, 0.15) is 0 Å². The van der Waals surface area contributed by atoms with Crippen LogP contribution in [0.2, 0.25) is 0 Å². The maximum Gasteiger partial charge on any atom is 0.231 e. The van der Waals surface area contributed by atoms with Gasteiger partial charge in [-0.1, -0.05) is 41.3 Å². The molecule has 0 saturated heterocycles. The third-order valence-corrected chi connectivity index (χ3v) is 6.22. The Kier molecular flexibility index (Phi) is 4.91. The summed E-state index contributed by atoms with van der Waals surface area (Å²) < 4.78 is 0.730. The molecule has 0 saturated carbocycles. The predicted molar refractivity (Wildman–Crippen MR) is 108 cm³/mol. The Labute approximate surface area is 164 Å². The van der Waals surface area contributed by atoms with Gasteiger partial charge in [0.05, 0.1) is 11.7 Å². The van der Waals surface area contributed by atoms with E-state index >= 15 is 0 Å². The Balaban J connectivity index is 1.38. The van der Waals surface area contributed by atoms with Gasteiger partial charge in [-0.3, -0.25) is 9.59 Å². The molecule has 2 heterocycles. The number of Topliss-reactive ketones (excluding diaryl/α,β-unsaturated/α-hetero) is 1. The molecule has 3 aromatic rings. The van der Waals surface area contributed by atoms with Crippen LogP contribution >= 0.6 is 23.1 Å². The number of hydrogen-bond acceptors (Lipinski definition) is 7. The minimum absolute atomic E-state index is 0.00196. The summed E-state index contributed by atoms with van der Waals surface area (Å²) in [5, 5.41) is 14.9. The molecule has 0 fully saturated rings. The van der Waals surface area contributed by atoms with E-state index in [-0.39, 0.29) is 23.4 Å². The SMILES string of the molecule is C[C@H]1C(=O)Nc2ccc(C(=O)CSc3nnc(Nc4ccccc4)s3)cc21. The summed E-state index contributed by atoms with van der Waals surface area (Å²) in [6.07, 6.45) is 0. The van der Waals surface area contributed by atoms with Gasteiger partial charge in [0, 0.05) is 16.9 Å². The van der Waals surface area contributed by atoms with Crippen LogP contribution in [0.4, 0.5) is 16.5 Å². The molecule has 27 heavy (non-hydrogen) atoms. The van der Waals surface area contributed by atoms with Gasteiger partial charge in [0.2, 0.25) is 11.0 Å². The average Bonchev–Trinajstić information content (AvgIpc) is 3.24. The minimum atomic E-state index is -0.227. The van der Waals surface area contributed by atoms with E-state index in [9.17, 15) is 9.59 Å². The fourth-order valence-corrected chi connectivity index (χ4v) is 4.43. The second kappa shape index (κ2) is 7.50. The number of aromatic nitrogens is 2. The first-order chi connectivity index (χ1) is 13.1. The number of ketones is 1. The largest absolute Gasteiger partial charge is 0.330 e. The van der Waals surface area contributed by atoms with Gasteiger partial charge < -0.3 is 10.6 Å². The minimum Gasteiger partial charge on any atom is -0.330 e. The van der Waals surface area contributed by atoms with Crippen molar-refractivity contribution in [3.05, 3.63) is 59.7 Å². The van der Waals surface area contributed by atoms with Crippen molar-refractivity contribution < 1.29 is 9.59 Å². The van der Waals surface area contributed by atoms with Crippen LogP contribution < -0.4 is 10.6 Å². The molecule has 0 radical (unpaired) electrons. The Morgan fingerprint density at radius 2 is 2.04 bits per heavy atom. The molecule has 2 aromatic carbocycles. The van der Waals surface area contributed by atoms with Crippen LogP contribution in [0.25, 0.3) is 0 Å². The molecule has 0 aliphatic carbocycles. The summed E-state index contributed by atoms with van der Waals surface area (Å²) in [4.78, 5) is 24.3. The number of hydrogen-bond donors (Lipinski definition) is 2. The lowest BCUT2D eigenvalue weighted by Crippen LogP contribution is -2.08. The number of nitrogens with one attached hydrogen (secondary N) is 2. The van der Waals surface area contributed by atoms with Crippen molar-refractivity contribution in [2.24, 2.45) is 0 Å². The summed E-state index contributed by atoms with van der Waals surface area (Å²) in [5.74, 6) is 0.0164. The maximum atomic E-state index is 12.5. The van der Waals surface area contributed by atoms with Crippen LogP contribution in [-0.2, 0) is 4.79 Å². The quantitative estimate of drug-likeness (QED) is 0.477. The molecule has 1 amide bonds. The van der Waals surface area contributed by atoms with Crippen molar-refractivity contribution in [1.82, 2.24) is 10.2 Å². The van der Waals surface area contributed by atoms with Crippen molar-refractivity contribution in [2.75, 3.05) is 16.4 Å². The lowest BCUT2D eigenvalue weighted by atomic mass is 9.99. The van der Waals surface area contributed by atoms with Gasteiger partial charge in [-0.15, -0.1) is 10.2 Å². The van der Waals surface area contributed by atoms with Crippen molar-refractivity contribution in [3.8, 4) is 0 Å². The molecule has 1 aliphatic heterocycles. The van der Waals surface area contributed by atoms with E-state index in [2.05, 4.69) is 20.8 Å². The first-order valence-electron chi connectivity index (χ1n) is 8.36. The van der Waals surface area contributed by atoms with Gasteiger partial charge in [-0.25, -0.2) is 0 Å². The second-order valence-electron chi connectivity index (χ2n) is 6.09. The molecule has 1 atom stereocenters. The first kappa shape index (κ1) is 17.7. The highest BCUT2D eigenvalue weighted by Gasteiger charge is 2.27. The number of amides is 1. The molecule has 0 spiro atoms. The van der Waals surface area contributed by atoms with Crippen LogP contribution in [0.5, 0.6) is 0 Å². The van der Waals surface area contributed by atoms with Crippen LogP contribution in [0.15, 0.2) is 52.9 Å². The van der Waals surface area contributed by atoms with Gasteiger partial charge >= 0.3 is 0 Å². The standard InChI is InChI=1S/C19H16N4O2S2/c1-11-14-9-12(7-8-15(14)21-17(11)25)16(24)10-26-19-23-22-18(27-19)20-13-5-3-2-4-6-13/h2-9,11H,10H2,1H3,(H,20,22)(H,21,25)/t11-/m1/s1. The Morgan fingerprint density at radius 3 is 2.85 bits per heavy atom. The number of carbonyl (C=O) groups is 2. The third-order valence-electron chi connectivity index (χ3n) is 4.25. The van der Waals surface area contributed by atoms with Gasteiger partial charge in [0.25, 0.3) is 0 Å². The Morgan fingerprint density at radius 1 is 1.22 bits per heavy atom. The number of para-hydroxylation sites is 1. The van der Waals surface area contributed by atoms with Gasteiger partial charge in [0.15, 0.2) is 10.1 Å². The van der Waals surface area contributed by atoms with Crippen LogP contribution in [0, 0.1) is 0 Å². The van der Waals surface area contributed by atoms with Crippen LogP contribution in [-0.4, -0.2) is 27.6 Å². The van der Waals surface area contributed by atoms with E-state index < -0.39 is 0 Å². The molecule has 2 N–H and O–H groups in total. The van der Waals surface area contributed by atoms with Gasteiger partial charge in [-0.05, 0) is 42.8 Å². The highest BCUT2D eigenvalue weighted by Crippen LogP contribution is 2.33. The molecule has 136 valence electrons. The number of carbonyl (C=O) groups excluding carboxylic acids is 2. The lowest BCUT2D eigenvalue weighted by molar-refractivity contribution is -0.116. The number of thioether (sulfide) groups is 1. The Bertz CT molecular complexity index is 1000. The zero-order valence-electron chi connectivity index (χ0n) is 14.4. The van der Waals surface area contributed by atoms with E-state index in [1.165, 1.54) is 23.1 Å². The third kappa shape index (κ3) is 3.86. The van der Waals surface area contributed by atoms with Crippen LogP contribution in [0.1, 0.15) is 28.8 Å². The Hall–Kier alpha value is -2.71. The fraction of sp³-hybridized carbons (Fsp3) is 0.158. The normalized spacial score (nSPS) is 15.3. The number of benzene rings is 2. The molecule has 6 nitrogen and oxygen atoms in total. The van der Waals surface area contributed by atoms with Crippen molar-refractivity contribution in [2.45, 2.75) is 17.2 Å². The molecule has 0 unspecified atom stereocenters. The fourth-order valence-electron chi connectivity index (χ4n) is 2.76. The number of nitrogens with zero attached hydrogens (tertiary/aromatic N) is 2. The highest BCUT2D eigenvalue weighted by atomic mass is 32.2. The zero-order chi connectivity index (χ0) is 18.8. The first-order valence-corrected chi connectivity index (χ1v) is 10.2. The molecule has 4 rings (SSSR count). The van der Waals surface area contributed by atoms with Gasteiger partial charge in [-0.2, -0.15) is 0 Å². The van der Waals surface area contributed by atoms with Crippen LogP contribution in [0.3, 0.4) is 0 Å². The van der Waals surface area contributed by atoms with Crippen molar-refractivity contribution in [1.29, 1.82) is 0 Å². The number of anilines is 3. The van der Waals surface area contributed by atoms with Crippen molar-refractivity contribution in [3.63, 3.8) is 0 Å². The summed E-state index contributed by atoms with van der Waals surface area (Å²) in [7, 11) is 0. The van der Waals surface area contributed by atoms with E-state index in [0.717, 1.165) is 21.3 Å². The molecular weight excluding hydrogens is 380 g/mol. The number of fused-ring (bicyclic) bond motifs is 1. The molecule has 0 bridgehead atoms. The van der Waals surface area contributed by atoms with E-state index in [1.807, 2.05) is 43.3 Å². The zero-order valence-corrected chi connectivity index (χ0v) is 16.1. The van der Waals surface area contributed by atoms with E-state index in [4.69, 9.17) is 0 Å². The monoisotopic (exact) mass is 396 g/mol. The topological polar surface area (TPSA) is 84.0 Å². The predicted octanol–water partition coefficient (Wildman–Crippen LogP) is 4.31.